The highest BCUT2D eigenvalue weighted by atomic mass is 32.2. The molecule has 0 radical (unpaired) electrons. The first-order valence-corrected chi connectivity index (χ1v) is 10.5. The number of sulfonamides is 1. The SMILES string of the molecule is Cn1ccnc1C(NC(=O)CCNS(=O)(=O)c1ccc(F)cc1)c1ccc(F)cc1. The van der Waals surface area contributed by atoms with Gasteiger partial charge < -0.3 is 9.88 Å². The molecule has 0 saturated carbocycles. The molecule has 0 spiro atoms. The summed E-state index contributed by atoms with van der Waals surface area (Å²) in [5, 5.41) is 2.80. The minimum Gasteiger partial charge on any atom is -0.342 e. The van der Waals surface area contributed by atoms with Gasteiger partial charge in [-0.1, -0.05) is 12.1 Å². The van der Waals surface area contributed by atoms with E-state index in [1.54, 1.807) is 36.1 Å². The van der Waals surface area contributed by atoms with E-state index in [4.69, 9.17) is 0 Å². The van der Waals surface area contributed by atoms with Gasteiger partial charge in [0.05, 0.1) is 4.90 Å². The van der Waals surface area contributed by atoms with Crippen molar-refractivity contribution in [2.75, 3.05) is 6.54 Å². The van der Waals surface area contributed by atoms with E-state index in [9.17, 15) is 22.0 Å². The van der Waals surface area contributed by atoms with Crippen LogP contribution in [0.25, 0.3) is 0 Å². The number of benzene rings is 2. The highest BCUT2D eigenvalue weighted by Gasteiger charge is 2.21. The highest BCUT2D eigenvalue weighted by molar-refractivity contribution is 7.89. The molecule has 3 rings (SSSR count). The molecular formula is C20H20F2N4O3S. The van der Waals surface area contributed by atoms with Crippen LogP contribution in [0.4, 0.5) is 8.78 Å². The maximum atomic E-state index is 13.3. The zero-order valence-corrected chi connectivity index (χ0v) is 16.9. The second-order valence-electron chi connectivity index (χ2n) is 6.55. The molecule has 1 atom stereocenters. The van der Waals surface area contributed by atoms with E-state index < -0.39 is 33.6 Å². The fourth-order valence-corrected chi connectivity index (χ4v) is 3.87. The molecule has 2 N–H and O–H groups in total. The summed E-state index contributed by atoms with van der Waals surface area (Å²) in [6.45, 7) is -0.151. The van der Waals surface area contributed by atoms with Crippen LogP contribution in [0.5, 0.6) is 0 Å². The van der Waals surface area contributed by atoms with E-state index in [1.807, 2.05) is 0 Å². The highest BCUT2D eigenvalue weighted by Crippen LogP contribution is 2.21. The minimum atomic E-state index is -3.86. The van der Waals surface area contributed by atoms with Gasteiger partial charge in [0.25, 0.3) is 0 Å². The van der Waals surface area contributed by atoms with E-state index in [1.165, 1.54) is 12.1 Å². The molecule has 1 amide bonds. The standard InChI is InChI=1S/C20H20F2N4O3S/c1-26-13-12-23-20(26)19(14-2-4-15(21)5-3-14)25-18(27)10-11-24-30(28,29)17-8-6-16(22)7-9-17/h2-9,12-13,19,24H,10-11H2,1H3,(H,25,27). The molecule has 0 bridgehead atoms. The van der Waals surface area contributed by atoms with Crippen molar-refractivity contribution in [3.05, 3.63) is 83.9 Å². The number of nitrogens with zero attached hydrogens (tertiary/aromatic N) is 2. The maximum absolute atomic E-state index is 13.3. The van der Waals surface area contributed by atoms with Gasteiger partial charge >= 0.3 is 0 Å². The Morgan fingerprint density at radius 3 is 2.23 bits per heavy atom. The quantitative estimate of drug-likeness (QED) is 0.569. The number of carbonyl (C=O) groups excluding carboxylic acids is 1. The van der Waals surface area contributed by atoms with Crippen LogP contribution in [0, 0.1) is 11.6 Å². The molecule has 2 aromatic carbocycles. The molecule has 7 nitrogen and oxygen atoms in total. The predicted octanol–water partition coefficient (Wildman–Crippen LogP) is 2.27. The third kappa shape index (κ3) is 5.28. The molecule has 0 aliphatic rings. The first-order chi connectivity index (χ1) is 14.3. The Bertz CT molecular complexity index is 1110. The van der Waals surface area contributed by atoms with Crippen molar-refractivity contribution >= 4 is 15.9 Å². The Kier molecular flexibility index (Phi) is 6.58. The number of aryl methyl sites for hydroxylation is 1. The van der Waals surface area contributed by atoms with Crippen molar-refractivity contribution in [2.24, 2.45) is 7.05 Å². The van der Waals surface area contributed by atoms with E-state index in [-0.39, 0.29) is 17.9 Å². The van der Waals surface area contributed by atoms with E-state index in [0.717, 1.165) is 24.3 Å². The van der Waals surface area contributed by atoms with Crippen LogP contribution in [-0.4, -0.2) is 30.4 Å². The maximum Gasteiger partial charge on any atom is 0.240 e. The zero-order chi connectivity index (χ0) is 21.7. The summed E-state index contributed by atoms with van der Waals surface area (Å²) in [6, 6.07) is 9.41. The third-order valence-electron chi connectivity index (χ3n) is 4.39. The van der Waals surface area contributed by atoms with Crippen molar-refractivity contribution in [1.29, 1.82) is 0 Å². The van der Waals surface area contributed by atoms with Crippen LogP contribution in [0.15, 0.2) is 65.8 Å². The van der Waals surface area contributed by atoms with Crippen molar-refractivity contribution in [2.45, 2.75) is 17.4 Å². The van der Waals surface area contributed by atoms with Gasteiger partial charge in [0.1, 0.15) is 23.5 Å². The number of halogens is 2. The fourth-order valence-electron chi connectivity index (χ4n) is 2.84. The lowest BCUT2D eigenvalue weighted by Gasteiger charge is -2.19. The number of hydrogen-bond donors (Lipinski definition) is 2. The van der Waals surface area contributed by atoms with Gasteiger partial charge in [0.2, 0.25) is 15.9 Å². The normalized spacial score (nSPS) is 12.5. The molecule has 30 heavy (non-hydrogen) atoms. The molecular weight excluding hydrogens is 414 g/mol. The first-order valence-electron chi connectivity index (χ1n) is 9.03. The fraction of sp³-hybridized carbons (Fsp3) is 0.200. The Morgan fingerprint density at radius 1 is 1.07 bits per heavy atom. The Morgan fingerprint density at radius 2 is 1.67 bits per heavy atom. The van der Waals surface area contributed by atoms with Crippen molar-refractivity contribution in [1.82, 2.24) is 19.6 Å². The Labute approximate surface area is 172 Å². The van der Waals surface area contributed by atoms with E-state index >= 15 is 0 Å². The molecule has 1 aromatic heterocycles. The third-order valence-corrected chi connectivity index (χ3v) is 5.87. The number of carbonyl (C=O) groups is 1. The second kappa shape index (κ2) is 9.14. The van der Waals surface area contributed by atoms with Gasteiger partial charge in [-0.15, -0.1) is 0 Å². The average molecular weight is 434 g/mol. The average Bonchev–Trinajstić information content (AvgIpc) is 3.13. The first kappa shape index (κ1) is 21.6. The molecule has 1 heterocycles. The van der Waals surface area contributed by atoms with Crippen LogP contribution in [0.1, 0.15) is 23.9 Å². The topological polar surface area (TPSA) is 93.1 Å². The van der Waals surface area contributed by atoms with Gasteiger partial charge in [-0.3, -0.25) is 4.79 Å². The molecule has 0 aliphatic heterocycles. The molecule has 10 heteroatoms. The lowest BCUT2D eigenvalue weighted by atomic mass is 10.1. The second-order valence-corrected chi connectivity index (χ2v) is 8.32. The van der Waals surface area contributed by atoms with E-state index in [2.05, 4.69) is 15.0 Å². The van der Waals surface area contributed by atoms with Gasteiger partial charge in [-0.2, -0.15) is 0 Å². The number of aromatic nitrogens is 2. The summed E-state index contributed by atoms with van der Waals surface area (Å²) in [5.74, 6) is -0.829. The lowest BCUT2D eigenvalue weighted by molar-refractivity contribution is -0.121. The Balaban J connectivity index is 1.65. The van der Waals surface area contributed by atoms with Crippen molar-refractivity contribution in [3.8, 4) is 0 Å². The van der Waals surface area contributed by atoms with Gasteiger partial charge in [0.15, 0.2) is 0 Å². The van der Waals surface area contributed by atoms with Crippen LogP contribution in [0.2, 0.25) is 0 Å². The number of amides is 1. The number of hydrogen-bond acceptors (Lipinski definition) is 4. The van der Waals surface area contributed by atoms with Crippen LogP contribution in [0.3, 0.4) is 0 Å². The smallest absolute Gasteiger partial charge is 0.240 e. The van der Waals surface area contributed by atoms with Gasteiger partial charge in [-0.05, 0) is 42.0 Å². The van der Waals surface area contributed by atoms with Crippen LogP contribution >= 0.6 is 0 Å². The zero-order valence-electron chi connectivity index (χ0n) is 16.0. The summed E-state index contributed by atoms with van der Waals surface area (Å²) in [6.07, 6.45) is 3.16. The summed E-state index contributed by atoms with van der Waals surface area (Å²) < 4.78 is 54.7. The Hall–Kier alpha value is -3.11. The van der Waals surface area contributed by atoms with E-state index in [0.29, 0.717) is 11.4 Å². The summed E-state index contributed by atoms with van der Waals surface area (Å²) in [7, 11) is -2.10. The van der Waals surface area contributed by atoms with Crippen molar-refractivity contribution in [3.63, 3.8) is 0 Å². The van der Waals surface area contributed by atoms with Crippen LogP contribution in [-0.2, 0) is 21.9 Å². The number of rotatable bonds is 8. The molecule has 1 unspecified atom stereocenters. The molecule has 3 aromatic rings. The van der Waals surface area contributed by atoms with Gasteiger partial charge in [-0.25, -0.2) is 26.9 Å². The van der Waals surface area contributed by atoms with Gasteiger partial charge in [0, 0.05) is 32.4 Å². The van der Waals surface area contributed by atoms with Crippen molar-refractivity contribution < 1.29 is 22.0 Å². The molecule has 158 valence electrons. The summed E-state index contributed by atoms with van der Waals surface area (Å²) in [5.41, 5.74) is 0.631. The minimum absolute atomic E-state index is 0.0958. The monoisotopic (exact) mass is 434 g/mol. The largest absolute Gasteiger partial charge is 0.342 e. The van der Waals surface area contributed by atoms with Crippen LogP contribution < -0.4 is 10.0 Å². The predicted molar refractivity (Wildman–Crippen MR) is 106 cm³/mol. The number of nitrogens with one attached hydrogen (secondary N) is 2. The lowest BCUT2D eigenvalue weighted by Crippen LogP contribution is -2.34. The number of imidazole rings is 1. The molecule has 0 aliphatic carbocycles. The molecule has 0 fully saturated rings. The molecule has 0 saturated heterocycles. The summed E-state index contributed by atoms with van der Waals surface area (Å²) in [4.78, 5) is 16.6. The summed E-state index contributed by atoms with van der Waals surface area (Å²) >= 11 is 0.